The molecule has 0 radical (unpaired) electrons. The van der Waals surface area contributed by atoms with Crippen LogP contribution in [0, 0.1) is 0 Å². The van der Waals surface area contributed by atoms with Crippen molar-refractivity contribution in [3.05, 3.63) is 23.8 Å². The Hall–Kier alpha value is -0.690. The third kappa shape index (κ3) is 4.20. The van der Waals surface area contributed by atoms with Gasteiger partial charge in [-0.3, -0.25) is 4.79 Å². The third-order valence-corrected chi connectivity index (χ3v) is 4.01. The van der Waals surface area contributed by atoms with Crippen molar-refractivity contribution in [3.8, 4) is 5.75 Å². The Kier molecular flexibility index (Phi) is 5.10. The van der Waals surface area contributed by atoms with Crippen LogP contribution >= 0.6 is 27.7 Å². The van der Waals surface area contributed by atoms with Crippen LogP contribution in [0.15, 0.2) is 23.1 Å². The van der Waals surface area contributed by atoms with Gasteiger partial charge in [-0.1, -0.05) is 22.0 Å². The van der Waals surface area contributed by atoms with Crippen molar-refractivity contribution in [2.24, 2.45) is 0 Å². The number of ketones is 1. The van der Waals surface area contributed by atoms with E-state index in [9.17, 15) is 18.0 Å². The number of ether oxygens (including phenoxy) is 1. The van der Waals surface area contributed by atoms with Crippen molar-refractivity contribution in [1.82, 2.24) is 0 Å². The number of carbonyl (C=O) groups excluding carboxylic acids is 1. The molecule has 0 N–H and O–H groups in total. The molecule has 2 nitrogen and oxygen atoms in total. The Labute approximate surface area is 115 Å². The van der Waals surface area contributed by atoms with Crippen LogP contribution in [0.3, 0.4) is 0 Å². The summed E-state index contributed by atoms with van der Waals surface area (Å²) in [5.74, 6) is -0.483. The van der Waals surface area contributed by atoms with Gasteiger partial charge < -0.3 is 4.74 Å². The number of hydrogen-bond donors (Lipinski definition) is 0. The highest BCUT2D eigenvalue weighted by Crippen LogP contribution is 2.36. The van der Waals surface area contributed by atoms with Gasteiger partial charge in [-0.05, 0) is 30.9 Å². The smallest absolute Gasteiger partial charge is 0.405 e. The third-order valence-electron chi connectivity index (χ3n) is 2.06. The summed E-state index contributed by atoms with van der Waals surface area (Å²) in [7, 11) is 0. The fraction of sp³-hybridized carbons (Fsp3) is 0.364. The number of carbonyl (C=O) groups is 1. The van der Waals surface area contributed by atoms with E-state index in [1.807, 2.05) is 0 Å². The van der Waals surface area contributed by atoms with Gasteiger partial charge in [-0.25, -0.2) is 0 Å². The highest BCUT2D eigenvalue weighted by Gasteiger charge is 2.32. The SMILES string of the molecule is CSc1ccc(C(Br)C(C)=O)cc1OC(F)(F)F. The van der Waals surface area contributed by atoms with Crippen molar-refractivity contribution in [2.45, 2.75) is 23.0 Å². The van der Waals surface area contributed by atoms with Crippen LogP contribution in [0.1, 0.15) is 17.3 Å². The number of rotatable bonds is 4. The summed E-state index contributed by atoms with van der Waals surface area (Å²) in [6, 6.07) is 4.31. The zero-order valence-corrected chi connectivity index (χ0v) is 11.9. The molecule has 0 aromatic heterocycles. The second-order valence-corrected chi connectivity index (χ2v) is 5.20. The molecule has 0 saturated carbocycles. The van der Waals surface area contributed by atoms with Gasteiger partial charge in [0, 0.05) is 4.90 Å². The van der Waals surface area contributed by atoms with Crippen LogP contribution < -0.4 is 4.74 Å². The molecule has 0 heterocycles. The van der Waals surface area contributed by atoms with E-state index >= 15 is 0 Å². The molecule has 0 saturated heterocycles. The summed E-state index contributed by atoms with van der Waals surface area (Å²) in [6.07, 6.45) is -3.10. The first-order valence-electron chi connectivity index (χ1n) is 4.83. The lowest BCUT2D eigenvalue weighted by molar-refractivity contribution is -0.275. The fourth-order valence-electron chi connectivity index (χ4n) is 1.29. The summed E-state index contributed by atoms with van der Waals surface area (Å²) in [5.41, 5.74) is 0.430. The maximum absolute atomic E-state index is 12.2. The van der Waals surface area contributed by atoms with E-state index in [1.54, 1.807) is 12.3 Å². The molecule has 1 unspecified atom stereocenters. The highest BCUT2D eigenvalue weighted by atomic mass is 79.9. The molecule has 0 spiro atoms. The lowest BCUT2D eigenvalue weighted by atomic mass is 10.1. The van der Waals surface area contributed by atoms with E-state index in [0.717, 1.165) is 11.8 Å². The summed E-state index contributed by atoms with van der Waals surface area (Å²) in [6.45, 7) is 1.35. The first-order valence-corrected chi connectivity index (χ1v) is 6.97. The van der Waals surface area contributed by atoms with Crippen LogP contribution in [0.2, 0.25) is 0 Å². The van der Waals surface area contributed by atoms with Crippen LogP contribution in [0.5, 0.6) is 5.75 Å². The van der Waals surface area contributed by atoms with Crippen molar-refractivity contribution < 1.29 is 22.7 Å². The van der Waals surface area contributed by atoms with E-state index in [-0.39, 0.29) is 11.5 Å². The predicted octanol–water partition coefficient (Wildman–Crippen LogP) is 4.33. The van der Waals surface area contributed by atoms with Crippen molar-refractivity contribution in [1.29, 1.82) is 0 Å². The van der Waals surface area contributed by atoms with Gasteiger partial charge in [-0.2, -0.15) is 0 Å². The summed E-state index contributed by atoms with van der Waals surface area (Å²) in [5, 5.41) is 0. The van der Waals surface area contributed by atoms with Gasteiger partial charge >= 0.3 is 6.36 Å². The van der Waals surface area contributed by atoms with E-state index in [4.69, 9.17) is 0 Å². The largest absolute Gasteiger partial charge is 0.573 e. The Balaban J connectivity index is 3.13. The molecular formula is C11H10BrF3O2S. The maximum Gasteiger partial charge on any atom is 0.573 e. The van der Waals surface area contributed by atoms with Gasteiger partial charge in [-0.15, -0.1) is 24.9 Å². The van der Waals surface area contributed by atoms with Crippen molar-refractivity contribution >= 4 is 33.5 Å². The average Bonchev–Trinajstić information content (AvgIpc) is 2.25. The monoisotopic (exact) mass is 342 g/mol. The summed E-state index contributed by atoms with van der Waals surface area (Å²) in [4.78, 5) is 10.9. The Bertz CT molecular complexity index is 448. The molecule has 7 heteroatoms. The molecule has 0 aliphatic heterocycles. The molecule has 0 bridgehead atoms. The number of benzene rings is 1. The van der Waals surface area contributed by atoms with Crippen LogP contribution in [-0.2, 0) is 4.79 Å². The molecule has 0 fully saturated rings. The Morgan fingerprint density at radius 3 is 2.50 bits per heavy atom. The van der Waals surface area contributed by atoms with Crippen molar-refractivity contribution in [3.63, 3.8) is 0 Å². The molecule has 0 amide bonds. The normalized spacial score (nSPS) is 13.2. The molecule has 1 aromatic carbocycles. The molecule has 100 valence electrons. The van der Waals surface area contributed by atoms with Gasteiger partial charge in [0.2, 0.25) is 0 Å². The molecule has 1 rings (SSSR count). The fourth-order valence-corrected chi connectivity index (χ4v) is 2.08. The maximum atomic E-state index is 12.2. The van der Waals surface area contributed by atoms with E-state index in [0.29, 0.717) is 10.5 Å². The number of hydrogen-bond acceptors (Lipinski definition) is 3. The minimum absolute atomic E-state index is 0.190. The summed E-state index contributed by atoms with van der Waals surface area (Å²) < 4.78 is 40.7. The zero-order valence-electron chi connectivity index (χ0n) is 9.55. The Morgan fingerprint density at radius 2 is 2.06 bits per heavy atom. The van der Waals surface area contributed by atoms with E-state index in [1.165, 1.54) is 19.1 Å². The number of thioether (sulfide) groups is 1. The topological polar surface area (TPSA) is 26.3 Å². The van der Waals surface area contributed by atoms with Gasteiger partial charge in [0.05, 0.1) is 4.83 Å². The lowest BCUT2D eigenvalue weighted by Crippen LogP contribution is -2.18. The lowest BCUT2D eigenvalue weighted by Gasteiger charge is -2.14. The van der Waals surface area contributed by atoms with E-state index in [2.05, 4.69) is 20.7 Å². The Morgan fingerprint density at radius 1 is 1.44 bits per heavy atom. The number of halogens is 4. The molecule has 0 aliphatic carbocycles. The van der Waals surface area contributed by atoms with Crippen LogP contribution in [0.4, 0.5) is 13.2 Å². The average molecular weight is 343 g/mol. The molecule has 18 heavy (non-hydrogen) atoms. The molecule has 1 aromatic rings. The molecule has 1 atom stereocenters. The first-order chi connectivity index (χ1) is 8.24. The minimum Gasteiger partial charge on any atom is -0.405 e. The van der Waals surface area contributed by atoms with Crippen LogP contribution in [-0.4, -0.2) is 18.4 Å². The predicted molar refractivity (Wildman–Crippen MR) is 67.3 cm³/mol. The highest BCUT2D eigenvalue weighted by molar-refractivity contribution is 9.09. The minimum atomic E-state index is -4.75. The van der Waals surface area contributed by atoms with Gasteiger partial charge in [0.1, 0.15) is 11.5 Å². The molecule has 0 aliphatic rings. The zero-order chi connectivity index (χ0) is 13.9. The second kappa shape index (κ2) is 5.97. The standard InChI is InChI=1S/C11H10BrF3O2S/c1-6(16)10(12)7-3-4-9(18-2)8(5-7)17-11(13,14)15/h3-5,10H,1-2H3. The summed E-state index contributed by atoms with van der Waals surface area (Å²) >= 11 is 4.26. The first kappa shape index (κ1) is 15.4. The van der Waals surface area contributed by atoms with E-state index < -0.39 is 11.2 Å². The second-order valence-electron chi connectivity index (χ2n) is 3.43. The van der Waals surface area contributed by atoms with Crippen molar-refractivity contribution in [2.75, 3.05) is 6.26 Å². The molecular weight excluding hydrogens is 333 g/mol. The number of alkyl halides is 4. The quantitative estimate of drug-likeness (QED) is 0.601. The van der Waals surface area contributed by atoms with Gasteiger partial charge in [0.25, 0.3) is 0 Å². The van der Waals surface area contributed by atoms with Gasteiger partial charge in [0.15, 0.2) is 0 Å². The number of Topliss-reactive ketones (excluding diaryl/α,β-unsaturated/α-hetero) is 1. The van der Waals surface area contributed by atoms with Crippen LogP contribution in [0.25, 0.3) is 0 Å².